The molecule has 0 heteroatoms. The SMILES string of the molecule is [CH2]CCCCCCCC=CC. The maximum absolute atomic E-state index is 3.82. The van der Waals surface area contributed by atoms with Gasteiger partial charge in [0.1, 0.15) is 0 Å². The van der Waals surface area contributed by atoms with E-state index in [1.807, 2.05) is 0 Å². The van der Waals surface area contributed by atoms with Crippen molar-refractivity contribution >= 4 is 0 Å². The van der Waals surface area contributed by atoms with Crippen LogP contribution >= 0.6 is 0 Å². The molecule has 0 heterocycles. The quantitative estimate of drug-likeness (QED) is 0.381. The van der Waals surface area contributed by atoms with Gasteiger partial charge in [-0.1, -0.05) is 51.2 Å². The van der Waals surface area contributed by atoms with Crippen LogP contribution in [0.5, 0.6) is 0 Å². The van der Waals surface area contributed by atoms with Gasteiger partial charge in [0, 0.05) is 0 Å². The first-order valence-corrected chi connectivity index (χ1v) is 4.82. The second kappa shape index (κ2) is 9.74. The highest BCUT2D eigenvalue weighted by molar-refractivity contribution is 4.76. The van der Waals surface area contributed by atoms with Gasteiger partial charge >= 0.3 is 0 Å². The molecule has 0 bridgehead atoms. The lowest BCUT2D eigenvalue weighted by Crippen LogP contribution is -1.77. The Morgan fingerprint density at radius 2 is 1.64 bits per heavy atom. The Balaban J connectivity index is 2.79. The minimum atomic E-state index is 1.11. The summed E-state index contributed by atoms with van der Waals surface area (Å²) in [4.78, 5) is 0. The third kappa shape index (κ3) is 9.74. The van der Waals surface area contributed by atoms with E-state index in [0.29, 0.717) is 0 Å². The molecule has 0 fully saturated rings. The average Bonchev–Trinajstić information content (AvgIpc) is 2.03. The van der Waals surface area contributed by atoms with Crippen molar-refractivity contribution in [2.75, 3.05) is 0 Å². The number of unbranched alkanes of at least 4 members (excludes halogenated alkanes) is 6. The summed E-state index contributed by atoms with van der Waals surface area (Å²) in [7, 11) is 0. The lowest BCUT2D eigenvalue weighted by Gasteiger charge is -1.96. The normalized spacial score (nSPS) is 11.1. The molecule has 0 aliphatic heterocycles. The monoisotopic (exact) mass is 153 g/mol. The molecule has 65 valence electrons. The lowest BCUT2D eigenvalue weighted by atomic mass is 10.1. The smallest absolute Gasteiger partial charge is 0.0351 e. The van der Waals surface area contributed by atoms with Gasteiger partial charge in [0.15, 0.2) is 0 Å². The molecule has 0 aromatic carbocycles. The van der Waals surface area contributed by atoms with Crippen molar-refractivity contribution in [1.29, 1.82) is 0 Å². The van der Waals surface area contributed by atoms with Crippen molar-refractivity contribution < 1.29 is 0 Å². The van der Waals surface area contributed by atoms with E-state index in [1.54, 1.807) is 0 Å². The first kappa shape index (κ1) is 10.7. The molecule has 0 saturated carbocycles. The second-order valence-corrected chi connectivity index (χ2v) is 2.98. The molecule has 0 spiro atoms. The first-order chi connectivity index (χ1) is 5.41. The molecule has 0 rings (SSSR count). The predicted octanol–water partition coefficient (Wildman–Crippen LogP) is 4.13. The van der Waals surface area contributed by atoms with Crippen molar-refractivity contribution in [1.82, 2.24) is 0 Å². The van der Waals surface area contributed by atoms with Crippen LogP contribution in [0, 0.1) is 6.92 Å². The van der Waals surface area contributed by atoms with E-state index < -0.39 is 0 Å². The Morgan fingerprint density at radius 3 is 2.27 bits per heavy atom. The standard InChI is InChI=1S/C11H21/c1-3-5-7-9-11-10-8-6-4-2/h4,6H,1,3,5,7-11H2,2H3. The van der Waals surface area contributed by atoms with Crippen LogP contribution in [0.1, 0.15) is 51.9 Å². The van der Waals surface area contributed by atoms with Crippen molar-refractivity contribution in [3.8, 4) is 0 Å². The van der Waals surface area contributed by atoms with Gasteiger partial charge in [0.05, 0.1) is 0 Å². The number of hydrogen-bond acceptors (Lipinski definition) is 0. The van der Waals surface area contributed by atoms with Gasteiger partial charge < -0.3 is 0 Å². The molecule has 0 aromatic rings. The molecule has 0 aliphatic carbocycles. The van der Waals surface area contributed by atoms with E-state index in [9.17, 15) is 0 Å². The van der Waals surface area contributed by atoms with E-state index in [1.165, 1.54) is 38.5 Å². The molecular formula is C11H21. The van der Waals surface area contributed by atoms with Crippen LogP contribution in [0.15, 0.2) is 12.2 Å². The zero-order valence-corrected chi connectivity index (χ0v) is 7.81. The number of hydrogen-bond donors (Lipinski definition) is 0. The average molecular weight is 153 g/mol. The van der Waals surface area contributed by atoms with Crippen LogP contribution in [0.3, 0.4) is 0 Å². The third-order valence-corrected chi connectivity index (χ3v) is 1.86. The van der Waals surface area contributed by atoms with Gasteiger partial charge in [-0.15, -0.1) is 0 Å². The van der Waals surface area contributed by atoms with Gasteiger partial charge in [-0.3, -0.25) is 0 Å². The van der Waals surface area contributed by atoms with Gasteiger partial charge in [0.2, 0.25) is 0 Å². The molecule has 1 radical (unpaired) electrons. The molecule has 0 aromatic heterocycles. The summed E-state index contributed by atoms with van der Waals surface area (Å²) in [5, 5.41) is 0. The van der Waals surface area contributed by atoms with Crippen molar-refractivity contribution in [2.45, 2.75) is 51.9 Å². The second-order valence-electron chi connectivity index (χ2n) is 2.98. The summed E-state index contributed by atoms with van der Waals surface area (Å²) in [6.45, 7) is 5.91. The van der Waals surface area contributed by atoms with Crippen LogP contribution in [-0.2, 0) is 0 Å². The Labute approximate surface area is 71.7 Å². The summed E-state index contributed by atoms with van der Waals surface area (Å²) < 4.78 is 0. The van der Waals surface area contributed by atoms with E-state index >= 15 is 0 Å². The van der Waals surface area contributed by atoms with Crippen LogP contribution in [-0.4, -0.2) is 0 Å². The minimum Gasteiger partial charge on any atom is -0.0917 e. The Kier molecular flexibility index (Phi) is 9.51. The molecule has 0 N–H and O–H groups in total. The number of rotatable bonds is 7. The van der Waals surface area contributed by atoms with Gasteiger partial charge in [-0.25, -0.2) is 0 Å². The number of allylic oxidation sites excluding steroid dienone is 2. The molecule has 0 amide bonds. The maximum Gasteiger partial charge on any atom is -0.0351 e. The maximum atomic E-state index is 3.82. The molecule has 0 atom stereocenters. The highest BCUT2D eigenvalue weighted by atomic mass is 13.9. The topological polar surface area (TPSA) is 0 Å². The fraction of sp³-hybridized carbons (Fsp3) is 0.727. The minimum absolute atomic E-state index is 1.11. The van der Waals surface area contributed by atoms with Gasteiger partial charge in [-0.2, -0.15) is 0 Å². The van der Waals surface area contributed by atoms with Crippen LogP contribution in [0.2, 0.25) is 0 Å². The first-order valence-electron chi connectivity index (χ1n) is 4.82. The highest BCUT2D eigenvalue weighted by Crippen LogP contribution is 2.06. The van der Waals surface area contributed by atoms with Crippen LogP contribution < -0.4 is 0 Å². The van der Waals surface area contributed by atoms with Gasteiger partial charge in [-0.05, 0) is 19.8 Å². The largest absolute Gasteiger partial charge is 0.0917 e. The van der Waals surface area contributed by atoms with Crippen molar-refractivity contribution in [2.24, 2.45) is 0 Å². The van der Waals surface area contributed by atoms with Crippen LogP contribution in [0.25, 0.3) is 0 Å². The molecular weight excluding hydrogens is 132 g/mol. The molecule has 0 unspecified atom stereocenters. The van der Waals surface area contributed by atoms with Gasteiger partial charge in [0.25, 0.3) is 0 Å². The molecule has 11 heavy (non-hydrogen) atoms. The lowest BCUT2D eigenvalue weighted by molar-refractivity contribution is 0.621. The fourth-order valence-corrected chi connectivity index (χ4v) is 1.14. The van der Waals surface area contributed by atoms with Crippen LogP contribution in [0.4, 0.5) is 0 Å². The van der Waals surface area contributed by atoms with Crippen molar-refractivity contribution in [3.63, 3.8) is 0 Å². The Hall–Kier alpha value is -0.260. The summed E-state index contributed by atoms with van der Waals surface area (Å²) >= 11 is 0. The summed E-state index contributed by atoms with van der Waals surface area (Å²) in [5.74, 6) is 0. The molecule has 0 nitrogen and oxygen atoms in total. The molecule has 0 aliphatic rings. The summed E-state index contributed by atoms with van der Waals surface area (Å²) in [5.41, 5.74) is 0. The van der Waals surface area contributed by atoms with E-state index in [0.717, 1.165) is 6.42 Å². The van der Waals surface area contributed by atoms with E-state index in [4.69, 9.17) is 0 Å². The molecule has 0 saturated heterocycles. The zero-order chi connectivity index (χ0) is 8.36. The Bertz CT molecular complexity index is 82.0. The summed E-state index contributed by atoms with van der Waals surface area (Å²) in [6, 6.07) is 0. The zero-order valence-electron chi connectivity index (χ0n) is 7.81. The van der Waals surface area contributed by atoms with E-state index in [2.05, 4.69) is 26.0 Å². The fourth-order valence-electron chi connectivity index (χ4n) is 1.14. The highest BCUT2D eigenvalue weighted by Gasteiger charge is 1.86. The van der Waals surface area contributed by atoms with E-state index in [-0.39, 0.29) is 0 Å². The third-order valence-electron chi connectivity index (χ3n) is 1.86. The predicted molar refractivity (Wildman–Crippen MR) is 52.5 cm³/mol. The Morgan fingerprint density at radius 1 is 1.00 bits per heavy atom. The summed E-state index contributed by atoms with van der Waals surface area (Å²) in [6.07, 6.45) is 13.6. The van der Waals surface area contributed by atoms with Crippen molar-refractivity contribution in [3.05, 3.63) is 19.1 Å².